The molecule has 0 saturated carbocycles. The average molecular weight is 839 g/mol. The molecule has 15 nitrogen and oxygen atoms in total. The lowest BCUT2D eigenvalue weighted by atomic mass is 9.99. The second kappa shape index (κ2) is 18.9. The summed E-state index contributed by atoms with van der Waals surface area (Å²) in [7, 11) is 0. The predicted octanol–water partition coefficient (Wildman–Crippen LogP) is 5.07. The standard InChI is InChI=1S/C42H47ClN10O5S/c1-24(23-48-35-21-31-30-11-13-44-32(30)9-10-33(31)49-35)41(56)47-15-14-45-36(54)12-17-57-19-20-58-18-16-46-37(55)22-34-40-52-51-27(4)53(40)42-38(25(2)26(3)59-42)39(50-34)28-5-7-29(43)8-6-28/h5-11,13,34,44H,1,12,14-23H2,2-4H3,(H,45,54)(H,46,55)(H,47,56)(H,48,49)/t34-/m1/s1. The first-order chi connectivity index (χ1) is 28.6. The molecule has 0 spiro atoms. The summed E-state index contributed by atoms with van der Waals surface area (Å²) in [5.41, 5.74) is 7.44. The third kappa shape index (κ3) is 9.79. The topological polar surface area (TPSA) is 189 Å². The highest BCUT2D eigenvalue weighted by Crippen LogP contribution is 2.39. The van der Waals surface area contributed by atoms with E-state index >= 15 is 0 Å². The number of hydrogen-bond acceptors (Lipinski definition) is 10. The van der Waals surface area contributed by atoms with Crippen molar-refractivity contribution < 1.29 is 23.9 Å². The van der Waals surface area contributed by atoms with Crippen molar-refractivity contribution in [2.24, 2.45) is 9.98 Å². The molecule has 2 aliphatic rings. The Morgan fingerprint density at radius 1 is 0.949 bits per heavy atom. The summed E-state index contributed by atoms with van der Waals surface area (Å²) in [6, 6.07) is 13.1. The summed E-state index contributed by atoms with van der Waals surface area (Å²) in [6.07, 6.45) is 2.83. The maximum Gasteiger partial charge on any atom is 0.248 e. The number of hydrogen-bond donors (Lipinski definition) is 5. The van der Waals surface area contributed by atoms with Crippen molar-refractivity contribution in [1.29, 1.82) is 0 Å². The lowest BCUT2D eigenvalue weighted by Gasteiger charge is -2.13. The van der Waals surface area contributed by atoms with Crippen molar-refractivity contribution in [1.82, 2.24) is 35.7 Å². The highest BCUT2D eigenvalue weighted by Gasteiger charge is 2.32. The molecule has 7 rings (SSSR count). The molecule has 5 heterocycles. The lowest BCUT2D eigenvalue weighted by Crippen LogP contribution is -2.35. The van der Waals surface area contributed by atoms with Crippen molar-refractivity contribution in [2.75, 3.05) is 57.9 Å². The summed E-state index contributed by atoms with van der Waals surface area (Å²) < 4.78 is 13.2. The molecule has 5 aromatic rings. The van der Waals surface area contributed by atoms with Crippen LogP contribution < -0.4 is 21.3 Å². The van der Waals surface area contributed by atoms with Gasteiger partial charge in [-0.1, -0.05) is 30.3 Å². The average Bonchev–Trinajstić information content (AvgIpc) is 4.01. The Labute approximate surface area is 350 Å². The van der Waals surface area contributed by atoms with E-state index in [4.69, 9.17) is 26.1 Å². The number of nitrogens with one attached hydrogen (secondary N) is 5. The zero-order valence-corrected chi connectivity index (χ0v) is 34.8. The molecule has 0 unspecified atom stereocenters. The number of carbonyl (C=O) groups excluding carboxylic acids is 3. The minimum atomic E-state index is -0.562. The first-order valence-corrected chi connectivity index (χ1v) is 20.7. The first-order valence-electron chi connectivity index (χ1n) is 19.5. The zero-order valence-electron chi connectivity index (χ0n) is 33.2. The Bertz CT molecular complexity index is 2430. The second-order valence-corrected chi connectivity index (χ2v) is 15.9. The normalized spacial score (nSPS) is 14.9. The molecule has 0 fully saturated rings. The molecule has 0 aliphatic carbocycles. The highest BCUT2D eigenvalue weighted by atomic mass is 35.5. The van der Waals surface area contributed by atoms with E-state index in [0.717, 1.165) is 55.7 Å². The number of anilines is 1. The molecular formula is C42H47ClN10O5S. The maximum absolute atomic E-state index is 13.2. The third-order valence-electron chi connectivity index (χ3n) is 10.1. The molecule has 3 amide bonds. The molecule has 3 aromatic heterocycles. The van der Waals surface area contributed by atoms with Crippen molar-refractivity contribution in [3.8, 4) is 5.00 Å². The number of ether oxygens (including phenoxy) is 2. The van der Waals surface area contributed by atoms with Crippen molar-refractivity contribution >= 4 is 68.8 Å². The van der Waals surface area contributed by atoms with Crippen molar-refractivity contribution in [3.63, 3.8) is 0 Å². The number of amides is 3. The zero-order chi connectivity index (χ0) is 41.5. The minimum absolute atomic E-state index is 0.0802. The Balaban J connectivity index is 0.754. The van der Waals surface area contributed by atoms with Gasteiger partial charge in [-0.2, -0.15) is 0 Å². The molecule has 59 heavy (non-hydrogen) atoms. The number of fused-ring (bicyclic) bond motifs is 6. The monoisotopic (exact) mass is 838 g/mol. The van der Waals surface area contributed by atoms with E-state index in [1.165, 1.54) is 10.4 Å². The second-order valence-electron chi connectivity index (χ2n) is 14.2. The molecule has 0 radical (unpaired) electrons. The van der Waals surface area contributed by atoms with Gasteiger partial charge in [-0.05, 0) is 62.2 Å². The first kappa shape index (κ1) is 41.5. The van der Waals surface area contributed by atoms with Gasteiger partial charge in [0.25, 0.3) is 0 Å². The Morgan fingerprint density at radius 2 is 1.71 bits per heavy atom. The van der Waals surface area contributed by atoms with Gasteiger partial charge in [-0.15, -0.1) is 21.5 Å². The van der Waals surface area contributed by atoms with Crippen LogP contribution in [-0.4, -0.2) is 102 Å². The quantitative estimate of drug-likeness (QED) is 0.0598. The SMILES string of the molecule is C=C(CN=C1Cc2c(ccc3[nH]ccc23)N1)C(=O)NCCNC(=O)CCOCCOCCNC(=O)C[C@H]1N=C(c2ccc(Cl)cc2)c2c(sc(C)c2C)-n2c(C)nnc21. The Kier molecular flexibility index (Phi) is 13.3. The fourth-order valence-corrected chi connectivity index (χ4v) is 8.29. The molecule has 5 N–H and O–H groups in total. The molecule has 308 valence electrons. The van der Waals surface area contributed by atoms with E-state index in [0.29, 0.717) is 49.2 Å². The van der Waals surface area contributed by atoms with E-state index in [2.05, 4.69) is 61.9 Å². The minimum Gasteiger partial charge on any atom is -0.379 e. The van der Waals surface area contributed by atoms with Crippen LogP contribution >= 0.6 is 22.9 Å². The molecule has 2 aromatic carbocycles. The number of aliphatic imine (C=N–C) groups is 2. The van der Waals surface area contributed by atoms with Gasteiger partial charge in [0.15, 0.2) is 5.82 Å². The van der Waals surface area contributed by atoms with Gasteiger partial charge < -0.3 is 35.7 Å². The van der Waals surface area contributed by atoms with Gasteiger partial charge in [0.2, 0.25) is 17.7 Å². The van der Waals surface area contributed by atoms with Crippen LogP contribution in [0.5, 0.6) is 0 Å². The molecule has 0 saturated heterocycles. The number of halogens is 1. The summed E-state index contributed by atoms with van der Waals surface area (Å²) in [5.74, 6) is 1.45. The number of amidine groups is 1. The van der Waals surface area contributed by atoms with E-state index in [1.54, 1.807) is 11.3 Å². The highest BCUT2D eigenvalue weighted by molar-refractivity contribution is 7.15. The number of aromatic amines is 1. The van der Waals surface area contributed by atoms with Gasteiger partial charge in [0.05, 0.1) is 45.1 Å². The number of rotatable bonds is 18. The summed E-state index contributed by atoms with van der Waals surface area (Å²) >= 11 is 7.87. The molecule has 17 heteroatoms. The number of aromatic nitrogens is 4. The van der Waals surface area contributed by atoms with E-state index < -0.39 is 6.04 Å². The Morgan fingerprint density at radius 3 is 2.53 bits per heavy atom. The number of benzene rings is 2. The molecule has 1 atom stereocenters. The lowest BCUT2D eigenvalue weighted by molar-refractivity contribution is -0.122. The molecule has 0 bridgehead atoms. The largest absolute Gasteiger partial charge is 0.379 e. The van der Waals surface area contributed by atoms with Gasteiger partial charge in [-0.25, -0.2) is 0 Å². The van der Waals surface area contributed by atoms with E-state index in [1.807, 2.05) is 60.2 Å². The van der Waals surface area contributed by atoms with Crippen molar-refractivity contribution in [3.05, 3.63) is 105 Å². The van der Waals surface area contributed by atoms with Crippen LogP contribution in [-0.2, 0) is 30.3 Å². The third-order valence-corrected chi connectivity index (χ3v) is 11.6. The van der Waals surface area contributed by atoms with Crippen LogP contribution in [0.15, 0.2) is 70.8 Å². The Hall–Kier alpha value is -5.68. The summed E-state index contributed by atoms with van der Waals surface area (Å²) in [6.45, 7) is 12.1. The maximum atomic E-state index is 13.2. The predicted molar refractivity (Wildman–Crippen MR) is 230 cm³/mol. The van der Waals surface area contributed by atoms with Crippen LogP contribution in [0.25, 0.3) is 15.9 Å². The van der Waals surface area contributed by atoms with Gasteiger partial charge in [0, 0.05) is 81.9 Å². The summed E-state index contributed by atoms with van der Waals surface area (Å²) in [4.78, 5) is 52.0. The van der Waals surface area contributed by atoms with E-state index in [9.17, 15) is 14.4 Å². The molecular weight excluding hydrogens is 792 g/mol. The number of H-pyrrole nitrogens is 1. The van der Waals surface area contributed by atoms with Crippen LogP contribution in [0.4, 0.5) is 5.69 Å². The van der Waals surface area contributed by atoms with Crippen LogP contribution in [0.2, 0.25) is 5.02 Å². The smallest absolute Gasteiger partial charge is 0.248 e. The number of nitrogens with zero attached hydrogens (tertiary/aromatic N) is 5. The van der Waals surface area contributed by atoms with Crippen LogP contribution in [0, 0.1) is 20.8 Å². The van der Waals surface area contributed by atoms with Gasteiger partial charge in [-0.3, -0.25) is 28.9 Å². The number of carbonyl (C=O) groups is 3. The number of aryl methyl sites for hydroxylation is 2. The number of thiophene rings is 1. The van der Waals surface area contributed by atoms with Crippen molar-refractivity contribution in [2.45, 2.75) is 46.1 Å². The summed E-state index contributed by atoms with van der Waals surface area (Å²) in [5, 5.41) is 23.4. The molecule has 2 aliphatic heterocycles. The van der Waals surface area contributed by atoms with Crippen LogP contribution in [0.1, 0.15) is 57.7 Å². The van der Waals surface area contributed by atoms with Gasteiger partial charge in [0.1, 0.15) is 22.7 Å². The van der Waals surface area contributed by atoms with Crippen LogP contribution in [0.3, 0.4) is 0 Å². The van der Waals surface area contributed by atoms with E-state index in [-0.39, 0.29) is 56.8 Å². The fourth-order valence-electron chi connectivity index (χ4n) is 6.95. The fraction of sp³-hybridized carbons (Fsp3) is 0.357. The van der Waals surface area contributed by atoms with Gasteiger partial charge >= 0.3 is 0 Å².